The van der Waals surface area contributed by atoms with Crippen molar-refractivity contribution in [2.75, 3.05) is 0 Å². The molecule has 0 saturated heterocycles. The molecule has 0 aliphatic heterocycles. The quantitative estimate of drug-likeness (QED) is 0.589. The smallest absolute Gasteiger partial charge is 0.420 e. The van der Waals surface area contributed by atoms with Crippen molar-refractivity contribution in [3.8, 4) is 11.3 Å². The van der Waals surface area contributed by atoms with E-state index in [9.17, 15) is 14.0 Å². The number of carbonyl (C=O) groups excluding carboxylic acids is 2. The monoisotopic (exact) mass is 445 g/mol. The minimum Gasteiger partial charge on any atom is -0.444 e. The van der Waals surface area contributed by atoms with Gasteiger partial charge in [-0.3, -0.25) is 0 Å². The highest BCUT2D eigenvalue weighted by Crippen LogP contribution is 2.30. The number of hydrogen-bond acceptors (Lipinski definition) is 5. The summed E-state index contributed by atoms with van der Waals surface area (Å²) in [5.41, 5.74) is -2.24. The van der Waals surface area contributed by atoms with Crippen LogP contribution in [-0.4, -0.2) is 32.9 Å². The van der Waals surface area contributed by atoms with E-state index < -0.39 is 34.7 Å². The summed E-state index contributed by atoms with van der Waals surface area (Å²) in [7, 11) is 0. The number of aromatic nitrogens is 2. The lowest BCUT2D eigenvalue weighted by Crippen LogP contribution is -2.47. The fourth-order valence-electron chi connectivity index (χ4n) is 3.03. The van der Waals surface area contributed by atoms with Crippen molar-refractivity contribution >= 4 is 12.2 Å². The average molecular weight is 446 g/mol. The fraction of sp³-hybridized carbons (Fsp3) is 0.458. The minimum atomic E-state index is -1.19. The summed E-state index contributed by atoms with van der Waals surface area (Å²) in [5, 5.41) is 2.79. The van der Waals surface area contributed by atoms with Crippen LogP contribution in [0.2, 0.25) is 0 Å². The van der Waals surface area contributed by atoms with Gasteiger partial charge in [0.15, 0.2) is 0 Å². The van der Waals surface area contributed by atoms with Crippen molar-refractivity contribution < 1.29 is 23.5 Å². The van der Waals surface area contributed by atoms with E-state index in [1.165, 1.54) is 16.8 Å². The van der Waals surface area contributed by atoms with E-state index in [1.54, 1.807) is 72.7 Å². The second-order valence-corrected chi connectivity index (χ2v) is 9.73. The van der Waals surface area contributed by atoms with Gasteiger partial charge in [-0.1, -0.05) is 18.2 Å². The van der Waals surface area contributed by atoms with Gasteiger partial charge in [0.2, 0.25) is 0 Å². The molecule has 1 unspecified atom stereocenters. The van der Waals surface area contributed by atoms with Crippen LogP contribution in [0.4, 0.5) is 14.0 Å². The molecule has 32 heavy (non-hydrogen) atoms. The Kier molecular flexibility index (Phi) is 7.17. The van der Waals surface area contributed by atoms with Crippen LogP contribution in [0, 0.1) is 5.82 Å². The van der Waals surface area contributed by atoms with Crippen molar-refractivity contribution in [3.63, 3.8) is 0 Å². The average Bonchev–Trinajstić information content (AvgIpc) is 3.05. The van der Waals surface area contributed by atoms with Gasteiger partial charge in [-0.2, -0.15) is 0 Å². The Morgan fingerprint density at radius 2 is 1.69 bits per heavy atom. The first kappa shape index (κ1) is 25.1. The standard InChI is InChI=1S/C24H32FN3O4/c1-9-14-24(8,27-20(29)31-22(2,3)4)19-26-18(16-12-10-11-13-17(16)25)15-28(19)21(30)32-23(5,6)7/h9-13,15H,1,14H2,2-8H3,(H,27,29). The molecule has 0 fully saturated rings. The molecule has 2 rings (SSSR count). The van der Waals surface area contributed by atoms with Crippen LogP contribution in [0.5, 0.6) is 0 Å². The Labute approximate surface area is 188 Å². The van der Waals surface area contributed by atoms with Crippen LogP contribution < -0.4 is 5.32 Å². The van der Waals surface area contributed by atoms with Gasteiger partial charge < -0.3 is 14.8 Å². The van der Waals surface area contributed by atoms with Gasteiger partial charge in [-0.05, 0) is 67.0 Å². The van der Waals surface area contributed by atoms with E-state index >= 15 is 0 Å². The van der Waals surface area contributed by atoms with Gasteiger partial charge in [-0.15, -0.1) is 6.58 Å². The molecule has 1 heterocycles. The lowest BCUT2D eigenvalue weighted by atomic mass is 9.96. The van der Waals surface area contributed by atoms with Crippen LogP contribution in [0.15, 0.2) is 43.1 Å². The lowest BCUT2D eigenvalue weighted by Gasteiger charge is -2.31. The van der Waals surface area contributed by atoms with E-state index in [4.69, 9.17) is 9.47 Å². The number of halogens is 1. The van der Waals surface area contributed by atoms with Gasteiger partial charge in [0.05, 0.1) is 5.69 Å². The molecule has 7 nitrogen and oxygen atoms in total. The molecule has 1 N–H and O–H groups in total. The predicted molar refractivity (Wildman–Crippen MR) is 121 cm³/mol. The molecule has 0 aliphatic rings. The van der Waals surface area contributed by atoms with Crippen molar-refractivity contribution in [2.24, 2.45) is 0 Å². The molecule has 8 heteroatoms. The largest absolute Gasteiger partial charge is 0.444 e. The lowest BCUT2D eigenvalue weighted by molar-refractivity contribution is 0.0427. The Hall–Kier alpha value is -3.16. The predicted octanol–water partition coefficient (Wildman–Crippen LogP) is 5.79. The number of imidazole rings is 1. The second kappa shape index (κ2) is 9.14. The van der Waals surface area contributed by atoms with Crippen molar-refractivity contribution in [3.05, 3.63) is 54.8 Å². The molecule has 0 saturated carbocycles. The Balaban J connectivity index is 2.62. The van der Waals surface area contributed by atoms with Gasteiger partial charge >= 0.3 is 12.2 Å². The molecule has 174 valence electrons. The Bertz CT molecular complexity index is 1000. The fourth-order valence-corrected chi connectivity index (χ4v) is 3.03. The molecule has 1 aromatic carbocycles. The number of alkyl carbamates (subject to hydrolysis) is 1. The zero-order chi connectivity index (χ0) is 24.3. The Morgan fingerprint density at radius 1 is 1.09 bits per heavy atom. The van der Waals surface area contributed by atoms with Crippen LogP contribution >= 0.6 is 0 Å². The molecule has 1 amide bonds. The highest BCUT2D eigenvalue weighted by Gasteiger charge is 2.37. The zero-order valence-electron chi connectivity index (χ0n) is 19.8. The molecule has 1 atom stereocenters. The number of ether oxygens (including phenoxy) is 2. The summed E-state index contributed by atoms with van der Waals surface area (Å²) in [6.07, 6.45) is 1.83. The third-order valence-corrected chi connectivity index (χ3v) is 4.27. The number of rotatable bonds is 5. The van der Waals surface area contributed by atoms with Crippen LogP contribution in [0.25, 0.3) is 11.3 Å². The number of amides is 1. The van der Waals surface area contributed by atoms with Crippen LogP contribution in [0.1, 0.15) is 60.7 Å². The first-order valence-corrected chi connectivity index (χ1v) is 10.4. The third kappa shape index (κ3) is 6.42. The normalized spacial score (nSPS) is 13.8. The number of nitrogens with one attached hydrogen (secondary N) is 1. The number of hydrogen-bond donors (Lipinski definition) is 1. The molecular formula is C24H32FN3O4. The summed E-state index contributed by atoms with van der Waals surface area (Å²) >= 11 is 0. The Morgan fingerprint density at radius 3 is 2.22 bits per heavy atom. The van der Waals surface area contributed by atoms with Gasteiger partial charge in [0, 0.05) is 11.8 Å². The third-order valence-electron chi connectivity index (χ3n) is 4.27. The molecule has 2 aromatic rings. The molecule has 0 radical (unpaired) electrons. The number of nitrogens with zero attached hydrogens (tertiary/aromatic N) is 2. The zero-order valence-corrected chi connectivity index (χ0v) is 19.8. The SMILES string of the molecule is C=CCC(C)(NC(=O)OC(C)(C)C)c1nc(-c2ccccc2F)cn1C(=O)OC(C)(C)C. The van der Waals surface area contributed by atoms with Crippen molar-refractivity contribution in [2.45, 2.75) is 71.6 Å². The summed E-state index contributed by atoms with van der Waals surface area (Å²) in [6, 6.07) is 6.11. The summed E-state index contributed by atoms with van der Waals surface area (Å²) in [5.74, 6) is -0.325. The van der Waals surface area contributed by atoms with E-state index in [0.717, 1.165) is 0 Å². The maximum Gasteiger partial charge on any atom is 0.420 e. The van der Waals surface area contributed by atoms with Gasteiger partial charge in [-0.25, -0.2) is 23.5 Å². The van der Waals surface area contributed by atoms with E-state index in [0.29, 0.717) is 0 Å². The van der Waals surface area contributed by atoms with E-state index in [-0.39, 0.29) is 23.5 Å². The maximum atomic E-state index is 14.5. The minimum absolute atomic E-state index is 0.163. The van der Waals surface area contributed by atoms with Crippen LogP contribution in [-0.2, 0) is 15.0 Å². The molecule has 0 aliphatic carbocycles. The first-order chi connectivity index (χ1) is 14.6. The topological polar surface area (TPSA) is 82.5 Å². The number of benzene rings is 1. The summed E-state index contributed by atoms with van der Waals surface area (Å²) in [4.78, 5) is 30.1. The highest BCUT2D eigenvalue weighted by atomic mass is 19.1. The second-order valence-electron chi connectivity index (χ2n) is 9.73. The first-order valence-electron chi connectivity index (χ1n) is 10.4. The molecule has 0 bridgehead atoms. The molecule has 1 aromatic heterocycles. The number of carbonyl (C=O) groups is 2. The van der Waals surface area contributed by atoms with Crippen LogP contribution in [0.3, 0.4) is 0 Å². The van der Waals surface area contributed by atoms with E-state index in [1.807, 2.05) is 0 Å². The maximum absolute atomic E-state index is 14.5. The summed E-state index contributed by atoms with van der Waals surface area (Å²) in [6.45, 7) is 15.9. The van der Waals surface area contributed by atoms with E-state index in [2.05, 4.69) is 16.9 Å². The molecular weight excluding hydrogens is 413 g/mol. The highest BCUT2D eigenvalue weighted by molar-refractivity contribution is 5.75. The van der Waals surface area contributed by atoms with Crippen molar-refractivity contribution in [1.29, 1.82) is 0 Å². The summed E-state index contributed by atoms with van der Waals surface area (Å²) < 4.78 is 26.6. The van der Waals surface area contributed by atoms with Crippen molar-refractivity contribution in [1.82, 2.24) is 14.9 Å². The molecule has 0 spiro atoms. The van der Waals surface area contributed by atoms with Gasteiger partial charge in [0.1, 0.15) is 28.4 Å². The van der Waals surface area contributed by atoms with Gasteiger partial charge in [0.25, 0.3) is 0 Å².